The molecule has 1 N–H and O–H groups in total. The van der Waals surface area contributed by atoms with E-state index in [-0.39, 0.29) is 45.8 Å². The van der Waals surface area contributed by atoms with E-state index in [2.05, 4.69) is 0 Å². The first kappa shape index (κ1) is 32.1. The minimum Gasteiger partial charge on any atom is -0.388 e. The molecule has 3 aliphatic rings. The first-order valence-corrected chi connectivity index (χ1v) is 16.0. The Morgan fingerprint density at radius 2 is 1.16 bits per heavy atom. The van der Waals surface area contributed by atoms with Crippen LogP contribution >= 0.6 is 0 Å². The Balaban J connectivity index is 0.999. The summed E-state index contributed by atoms with van der Waals surface area (Å²) >= 11 is 0. The summed E-state index contributed by atoms with van der Waals surface area (Å²) in [5.41, 5.74) is 0.0298. The molecule has 0 spiro atoms. The van der Waals surface area contributed by atoms with Crippen LogP contribution in [0.2, 0.25) is 0 Å². The van der Waals surface area contributed by atoms with Gasteiger partial charge in [0.15, 0.2) is 34.9 Å². The Kier molecular flexibility index (Phi) is 9.60. The Hall–Kier alpha value is -2.88. The highest BCUT2D eigenvalue weighted by molar-refractivity contribution is 5.66. The smallest absolute Gasteiger partial charge is 0.167 e. The van der Waals surface area contributed by atoms with Gasteiger partial charge in [-0.3, -0.25) is 0 Å². The van der Waals surface area contributed by atoms with E-state index < -0.39 is 47.1 Å². The highest BCUT2D eigenvalue weighted by Gasteiger charge is 2.33. The van der Waals surface area contributed by atoms with E-state index in [1.807, 2.05) is 0 Å². The Bertz CT molecular complexity index is 1520. The lowest BCUT2D eigenvalue weighted by Gasteiger charge is -2.33. The zero-order valence-corrected chi connectivity index (χ0v) is 25.2. The van der Waals surface area contributed by atoms with Crippen LogP contribution in [-0.4, -0.2) is 24.4 Å². The van der Waals surface area contributed by atoms with Gasteiger partial charge >= 0.3 is 0 Å². The summed E-state index contributed by atoms with van der Waals surface area (Å²) in [6.07, 6.45) is 4.50. The molecule has 0 bridgehead atoms. The van der Waals surface area contributed by atoms with Crippen LogP contribution in [0.25, 0.3) is 11.1 Å². The van der Waals surface area contributed by atoms with Crippen LogP contribution in [0.1, 0.15) is 111 Å². The summed E-state index contributed by atoms with van der Waals surface area (Å²) in [5, 5.41) is 9.94. The standard InChI is InChI=1S/C36H38F6O3/c1-2-29(43)27-15-12-24(32(38)35(27)41)20-5-3-19(4-6-20)17-44-22-9-7-21(8-10-22)23-11-13-25(33(39)31(23)37)26-14-16-28(30-18-45-30)36(42)34(26)40/h11-16,19-22,29-30,43H,2-10,17-18H2,1H3. The van der Waals surface area contributed by atoms with E-state index in [4.69, 9.17) is 9.47 Å². The molecule has 6 rings (SSSR count). The molecule has 1 aliphatic heterocycles. The molecule has 242 valence electrons. The quantitative estimate of drug-likeness (QED) is 0.189. The second kappa shape index (κ2) is 13.5. The van der Waals surface area contributed by atoms with Crippen molar-refractivity contribution in [2.24, 2.45) is 5.92 Å². The zero-order chi connectivity index (χ0) is 31.8. The lowest BCUT2D eigenvalue weighted by Crippen LogP contribution is -2.26. The first-order chi connectivity index (χ1) is 21.7. The molecule has 0 radical (unpaired) electrons. The predicted octanol–water partition coefficient (Wildman–Crippen LogP) is 9.72. The van der Waals surface area contributed by atoms with Crippen LogP contribution in [0, 0.1) is 40.8 Å². The summed E-state index contributed by atoms with van der Waals surface area (Å²) < 4.78 is 100. The monoisotopic (exact) mass is 632 g/mol. The second-order valence-electron chi connectivity index (χ2n) is 12.8. The van der Waals surface area contributed by atoms with Crippen LogP contribution < -0.4 is 0 Å². The van der Waals surface area contributed by atoms with Gasteiger partial charge in [0.1, 0.15) is 6.10 Å². The van der Waals surface area contributed by atoms with Crippen LogP contribution in [-0.2, 0) is 9.47 Å². The number of aliphatic hydroxyl groups is 1. The molecule has 1 heterocycles. The number of hydrogen-bond donors (Lipinski definition) is 1. The van der Waals surface area contributed by atoms with Gasteiger partial charge in [-0.25, -0.2) is 26.3 Å². The summed E-state index contributed by atoms with van der Waals surface area (Å²) in [4.78, 5) is 0. The number of hydrogen-bond acceptors (Lipinski definition) is 3. The minimum absolute atomic E-state index is 0.00117. The normalized spacial score (nSPS) is 25.7. The van der Waals surface area contributed by atoms with Gasteiger partial charge in [0.25, 0.3) is 0 Å². The van der Waals surface area contributed by atoms with Crippen molar-refractivity contribution >= 4 is 0 Å². The molecule has 0 aromatic heterocycles. The zero-order valence-electron chi connectivity index (χ0n) is 25.2. The molecule has 3 nitrogen and oxygen atoms in total. The Labute approximate surface area is 259 Å². The van der Waals surface area contributed by atoms with Crippen LogP contribution in [0.3, 0.4) is 0 Å². The predicted molar refractivity (Wildman–Crippen MR) is 158 cm³/mol. The number of rotatable bonds is 9. The summed E-state index contributed by atoms with van der Waals surface area (Å²) in [5.74, 6) is -6.34. The molecular formula is C36H38F6O3. The molecule has 3 aromatic rings. The van der Waals surface area contributed by atoms with E-state index in [0.29, 0.717) is 56.8 Å². The second-order valence-corrected chi connectivity index (χ2v) is 12.8. The number of halogens is 6. The maximum Gasteiger partial charge on any atom is 0.167 e. The Morgan fingerprint density at radius 1 is 0.667 bits per heavy atom. The molecule has 3 fully saturated rings. The summed E-state index contributed by atoms with van der Waals surface area (Å²) in [6.45, 7) is 2.58. The lowest BCUT2D eigenvalue weighted by atomic mass is 9.78. The molecule has 2 aliphatic carbocycles. The third-order valence-corrected chi connectivity index (χ3v) is 10.1. The van der Waals surface area contributed by atoms with Crippen molar-refractivity contribution in [1.29, 1.82) is 0 Å². The molecule has 45 heavy (non-hydrogen) atoms. The number of ether oxygens (including phenoxy) is 2. The van der Waals surface area contributed by atoms with Crippen LogP contribution in [0.5, 0.6) is 0 Å². The van der Waals surface area contributed by atoms with E-state index in [1.165, 1.54) is 30.3 Å². The van der Waals surface area contributed by atoms with Gasteiger partial charge in [-0.2, -0.15) is 0 Å². The molecule has 3 aromatic carbocycles. The highest BCUT2D eigenvalue weighted by Crippen LogP contribution is 2.42. The van der Waals surface area contributed by atoms with Crippen LogP contribution in [0.15, 0.2) is 36.4 Å². The van der Waals surface area contributed by atoms with Crippen molar-refractivity contribution in [1.82, 2.24) is 0 Å². The molecule has 2 atom stereocenters. The van der Waals surface area contributed by atoms with Gasteiger partial charge in [0.05, 0.1) is 18.8 Å². The summed E-state index contributed by atoms with van der Waals surface area (Å²) in [7, 11) is 0. The number of aliphatic hydroxyl groups excluding tert-OH is 1. The molecular weight excluding hydrogens is 594 g/mol. The van der Waals surface area contributed by atoms with Crippen molar-refractivity contribution < 1.29 is 40.9 Å². The maximum atomic E-state index is 15.2. The number of benzene rings is 3. The van der Waals surface area contributed by atoms with Crippen molar-refractivity contribution in [2.45, 2.75) is 94.9 Å². The van der Waals surface area contributed by atoms with Crippen molar-refractivity contribution in [3.8, 4) is 11.1 Å². The molecule has 2 unspecified atom stereocenters. The maximum absolute atomic E-state index is 15.2. The number of epoxide rings is 1. The average molecular weight is 633 g/mol. The third kappa shape index (κ3) is 6.54. The largest absolute Gasteiger partial charge is 0.388 e. The first-order valence-electron chi connectivity index (χ1n) is 16.0. The Morgan fingerprint density at radius 3 is 1.71 bits per heavy atom. The van der Waals surface area contributed by atoms with Gasteiger partial charge in [-0.1, -0.05) is 43.3 Å². The summed E-state index contributed by atoms with van der Waals surface area (Å²) in [6, 6.07) is 8.50. The molecule has 0 amide bonds. The fraction of sp³-hybridized carbons (Fsp3) is 0.500. The molecule has 1 saturated heterocycles. The van der Waals surface area contributed by atoms with Crippen molar-refractivity contribution in [2.75, 3.05) is 13.2 Å². The minimum atomic E-state index is -1.22. The van der Waals surface area contributed by atoms with Gasteiger partial charge in [0, 0.05) is 28.9 Å². The molecule has 9 heteroatoms. The topological polar surface area (TPSA) is 42.0 Å². The van der Waals surface area contributed by atoms with Gasteiger partial charge < -0.3 is 14.6 Å². The van der Waals surface area contributed by atoms with Crippen molar-refractivity contribution in [3.05, 3.63) is 93.6 Å². The van der Waals surface area contributed by atoms with Gasteiger partial charge in [0.2, 0.25) is 0 Å². The fourth-order valence-corrected chi connectivity index (χ4v) is 7.16. The lowest BCUT2D eigenvalue weighted by molar-refractivity contribution is -0.00294. The van der Waals surface area contributed by atoms with Crippen molar-refractivity contribution in [3.63, 3.8) is 0 Å². The van der Waals surface area contributed by atoms with Gasteiger partial charge in [-0.05, 0) is 86.7 Å². The molecule has 2 saturated carbocycles. The third-order valence-electron chi connectivity index (χ3n) is 10.1. The highest BCUT2D eigenvalue weighted by atomic mass is 19.2. The van der Waals surface area contributed by atoms with E-state index in [0.717, 1.165) is 25.7 Å². The van der Waals surface area contributed by atoms with Crippen LogP contribution in [0.4, 0.5) is 26.3 Å². The van der Waals surface area contributed by atoms with Gasteiger partial charge in [-0.15, -0.1) is 0 Å². The fourth-order valence-electron chi connectivity index (χ4n) is 7.16. The average Bonchev–Trinajstić information content (AvgIpc) is 3.90. The van der Waals surface area contributed by atoms with E-state index in [9.17, 15) is 22.7 Å². The SMILES string of the molecule is CCC(O)c1ccc(C2CCC(COC3CCC(c4ccc(-c5ccc(C6CO6)c(F)c5F)c(F)c4F)CC3)CC2)c(F)c1F. The van der Waals surface area contributed by atoms with E-state index in [1.54, 1.807) is 13.0 Å². The van der Waals surface area contributed by atoms with E-state index >= 15 is 8.78 Å².